The number of aliphatic hydroxyl groups is 1. The van der Waals surface area contributed by atoms with Crippen molar-refractivity contribution in [2.75, 3.05) is 55.0 Å². The molecular formula is C52H92N6O7. The van der Waals surface area contributed by atoms with Gasteiger partial charge in [-0.2, -0.15) is 5.06 Å². The average molecular weight is 913 g/mol. The Morgan fingerprint density at radius 2 is 1.57 bits per heavy atom. The van der Waals surface area contributed by atoms with Gasteiger partial charge >= 0.3 is 6.09 Å². The summed E-state index contributed by atoms with van der Waals surface area (Å²) >= 11 is 0. The zero-order valence-electron chi connectivity index (χ0n) is 42.1. The Morgan fingerprint density at radius 1 is 0.862 bits per heavy atom. The van der Waals surface area contributed by atoms with Crippen molar-refractivity contribution in [1.29, 1.82) is 0 Å². The first-order chi connectivity index (χ1) is 31.1. The van der Waals surface area contributed by atoms with Crippen molar-refractivity contribution in [3.63, 3.8) is 0 Å². The Morgan fingerprint density at radius 3 is 2.20 bits per heavy atom. The van der Waals surface area contributed by atoms with Crippen molar-refractivity contribution >= 4 is 17.9 Å². The van der Waals surface area contributed by atoms with Gasteiger partial charge < -0.3 is 40.3 Å². The van der Waals surface area contributed by atoms with Crippen LogP contribution in [0.15, 0.2) is 0 Å². The highest BCUT2D eigenvalue weighted by Gasteiger charge is 2.58. The monoisotopic (exact) mass is 913 g/mol. The Bertz CT molecular complexity index is 1550. The van der Waals surface area contributed by atoms with Crippen LogP contribution in [0.5, 0.6) is 0 Å². The summed E-state index contributed by atoms with van der Waals surface area (Å²) in [6.07, 6.45) is 18.7. The Balaban J connectivity index is 1.07. The number of amides is 3. The van der Waals surface area contributed by atoms with E-state index in [4.69, 9.17) is 14.3 Å². The molecule has 1 aliphatic heterocycles. The van der Waals surface area contributed by atoms with E-state index in [0.29, 0.717) is 42.2 Å². The van der Waals surface area contributed by atoms with Crippen molar-refractivity contribution in [2.24, 2.45) is 58.7 Å². The van der Waals surface area contributed by atoms with Crippen LogP contribution in [0.2, 0.25) is 0 Å². The summed E-state index contributed by atoms with van der Waals surface area (Å²) in [6, 6.07) is -0.164. The Hall–Kier alpha value is -2.03. The predicted octanol–water partition coefficient (Wildman–Crippen LogP) is 7.01. The molecule has 7 saturated carbocycles. The first-order valence-corrected chi connectivity index (χ1v) is 26.5. The van der Waals surface area contributed by atoms with E-state index >= 15 is 0 Å². The zero-order chi connectivity index (χ0) is 46.6. The average Bonchev–Trinajstić information content (AvgIpc) is 3.65. The molecule has 0 radical (unpaired) electrons. The fraction of sp³-hybridized carbons (Fsp3) is 0.942. The summed E-state index contributed by atoms with van der Waals surface area (Å²) in [5.41, 5.74) is 0.284. The van der Waals surface area contributed by atoms with Crippen molar-refractivity contribution in [3.8, 4) is 0 Å². The fourth-order valence-electron chi connectivity index (χ4n) is 14.9. The molecule has 0 spiro atoms. The third-order valence-electron chi connectivity index (χ3n) is 18.7. The molecule has 1 heterocycles. The van der Waals surface area contributed by atoms with E-state index < -0.39 is 30.3 Å². The van der Waals surface area contributed by atoms with Crippen molar-refractivity contribution in [3.05, 3.63) is 0 Å². The number of nitrogens with zero attached hydrogens (tertiary/aromatic N) is 3. The number of methoxy groups -OCH3 is 1. The second kappa shape index (κ2) is 22.6. The number of alkyl carbamates (subject to hydrolysis) is 1. The molecule has 13 nitrogen and oxygen atoms in total. The van der Waals surface area contributed by atoms with Gasteiger partial charge in [0, 0.05) is 56.2 Å². The van der Waals surface area contributed by atoms with E-state index in [-0.39, 0.29) is 65.8 Å². The summed E-state index contributed by atoms with van der Waals surface area (Å²) in [4.78, 5) is 53.9. The van der Waals surface area contributed by atoms with Gasteiger partial charge in [0.25, 0.3) is 0 Å². The maximum atomic E-state index is 14.9. The number of carbonyl (C=O) groups is 3. The van der Waals surface area contributed by atoms with Gasteiger partial charge in [-0.05, 0) is 140 Å². The minimum absolute atomic E-state index is 0.0538. The molecule has 8 unspecified atom stereocenters. The van der Waals surface area contributed by atoms with Crippen LogP contribution in [0.1, 0.15) is 150 Å². The third-order valence-corrected chi connectivity index (χ3v) is 18.7. The van der Waals surface area contributed by atoms with E-state index in [9.17, 15) is 19.5 Å². The lowest BCUT2D eigenvalue weighted by Crippen LogP contribution is -2.62. The Kier molecular flexibility index (Phi) is 17.7. The second-order valence-corrected chi connectivity index (χ2v) is 23.7. The number of carbonyl (C=O) groups excluding carboxylic acids is 3. The van der Waals surface area contributed by atoms with Crippen molar-refractivity contribution in [2.45, 2.75) is 198 Å². The summed E-state index contributed by atoms with van der Waals surface area (Å²) in [5, 5.41) is 22.9. The van der Waals surface area contributed by atoms with Crippen molar-refractivity contribution < 1.29 is 33.8 Å². The van der Waals surface area contributed by atoms with Gasteiger partial charge in [-0.3, -0.25) is 14.4 Å². The fourth-order valence-corrected chi connectivity index (χ4v) is 14.9. The molecule has 0 aromatic carbocycles. The highest BCUT2D eigenvalue weighted by Crippen LogP contribution is 2.61. The normalized spacial score (nSPS) is 37.9. The molecule has 0 aromatic rings. The summed E-state index contributed by atoms with van der Waals surface area (Å²) in [5.74, 6) is 2.26. The maximum absolute atomic E-state index is 14.9. The van der Waals surface area contributed by atoms with E-state index in [1.165, 1.54) is 44.9 Å². The molecule has 8 aliphatic rings. The van der Waals surface area contributed by atoms with Crippen LogP contribution in [0.25, 0.3) is 0 Å². The lowest BCUT2D eigenvalue weighted by molar-refractivity contribution is -0.193. The van der Waals surface area contributed by atoms with Crippen LogP contribution in [-0.4, -0.2) is 141 Å². The number of nitrogens with one attached hydrogen (secondary N) is 3. The minimum atomic E-state index is -0.759. The number of likely N-dealkylation sites (N-methyl/N-ethyl adjacent to an activating group) is 1. The second-order valence-electron chi connectivity index (χ2n) is 23.7. The van der Waals surface area contributed by atoms with Crippen LogP contribution >= 0.6 is 0 Å². The van der Waals surface area contributed by atoms with Crippen LogP contribution in [0.4, 0.5) is 4.79 Å². The first kappa shape index (κ1) is 50.8. The maximum Gasteiger partial charge on any atom is 0.407 e. The van der Waals surface area contributed by atoms with Gasteiger partial charge in [0.05, 0.1) is 18.6 Å². The smallest absolute Gasteiger partial charge is 0.407 e. The summed E-state index contributed by atoms with van der Waals surface area (Å²) in [6.45, 7) is 9.91. The molecular weight excluding hydrogens is 821 g/mol. The van der Waals surface area contributed by atoms with Crippen LogP contribution in [-0.2, 0) is 23.9 Å². The molecule has 4 N–H and O–H groups in total. The number of hydrogen-bond acceptors (Lipinski definition) is 10. The molecule has 2 bridgehead atoms. The van der Waals surface area contributed by atoms with Crippen LogP contribution in [0, 0.1) is 58.7 Å². The van der Waals surface area contributed by atoms with E-state index in [1.807, 2.05) is 19.1 Å². The number of aliphatic hydroxyl groups excluding tert-OH is 1. The van der Waals surface area contributed by atoms with Gasteiger partial charge in [-0.25, -0.2) is 4.79 Å². The molecule has 65 heavy (non-hydrogen) atoms. The van der Waals surface area contributed by atoms with E-state index in [0.717, 1.165) is 83.6 Å². The third kappa shape index (κ3) is 12.1. The first-order valence-electron chi connectivity index (χ1n) is 26.5. The summed E-state index contributed by atoms with van der Waals surface area (Å²) < 4.78 is 12.7. The largest absolute Gasteiger partial charge is 0.446 e. The van der Waals surface area contributed by atoms with E-state index in [2.05, 4.69) is 74.7 Å². The van der Waals surface area contributed by atoms with Crippen LogP contribution in [0.3, 0.4) is 0 Å². The molecule has 7 aliphatic carbocycles. The highest BCUT2D eigenvalue weighted by molar-refractivity contribution is 5.83. The zero-order valence-corrected chi connectivity index (χ0v) is 42.1. The lowest BCUT2D eigenvalue weighted by Gasteiger charge is -2.62. The summed E-state index contributed by atoms with van der Waals surface area (Å²) in [7, 11) is 10.4. The van der Waals surface area contributed by atoms with Gasteiger partial charge in [0.15, 0.2) is 0 Å². The number of fused-ring (bicyclic) bond motifs is 2. The minimum Gasteiger partial charge on any atom is -0.446 e. The Labute approximate surface area is 393 Å². The lowest BCUT2D eigenvalue weighted by atomic mass is 9.45. The van der Waals surface area contributed by atoms with Gasteiger partial charge in [-0.15, -0.1) is 0 Å². The SMILES string of the molecule is COC1C(CN2O[C@@H](CO)C(C(C)OC(=O)NC3CCCCC3)[C@H]2C(=O)N[C@H]2C[C@H]3C[C@@H]([C@@H]2C)C3(C)C)CCCC1C1CC(C(=O)N[C@@H](CC2CCCCC2)CN(C)C)CC(N(C)C)C1. The molecule has 8 rings (SSSR count). The molecule has 372 valence electrons. The number of hydrogen-bond donors (Lipinski definition) is 4. The number of rotatable bonds is 17. The molecule has 8 fully saturated rings. The molecule has 15 atom stereocenters. The number of hydroxylamine groups is 2. The van der Waals surface area contributed by atoms with E-state index in [1.54, 1.807) is 0 Å². The molecule has 1 saturated heterocycles. The quantitative estimate of drug-likeness (QED) is 0.120. The highest BCUT2D eigenvalue weighted by atomic mass is 16.7. The standard InChI is InChI=1S/C52H92N6O7/c1-32-43-27-38(52(43,3)4)28-44(32)55-50(61)47-46(33(2)64-51(62)54-39-20-14-11-15-21-39)45(31-59)65-58(47)29-35-19-16-22-42(48(35)63-9)36-24-37(26-41(25-36)57(7)8)49(60)53-40(30-56(5)6)23-34-17-12-10-13-18-34/h32-48,59H,10-31H2,1-9H3,(H,53,60)(H,54,62)(H,55,61)/t32-,33?,35?,36?,37?,38+,40-,41?,42?,43-,44-,45-,46?,47-,48?/m0/s1. The van der Waals surface area contributed by atoms with Gasteiger partial charge in [0.2, 0.25) is 11.8 Å². The molecule has 13 heteroatoms. The van der Waals surface area contributed by atoms with Gasteiger partial charge in [-0.1, -0.05) is 78.6 Å². The topological polar surface area (TPSA) is 145 Å². The molecule has 3 amide bonds. The van der Waals surface area contributed by atoms with Crippen molar-refractivity contribution in [1.82, 2.24) is 30.8 Å². The van der Waals surface area contributed by atoms with Gasteiger partial charge in [0.1, 0.15) is 18.2 Å². The van der Waals surface area contributed by atoms with Crippen LogP contribution < -0.4 is 16.0 Å². The molecule has 0 aromatic heterocycles. The number of ether oxygens (including phenoxy) is 2. The predicted molar refractivity (Wildman–Crippen MR) is 255 cm³/mol.